The Morgan fingerprint density at radius 1 is 1.53 bits per heavy atom. The van der Waals surface area contributed by atoms with Crippen LogP contribution >= 0.6 is 27.7 Å². The van der Waals surface area contributed by atoms with Gasteiger partial charge in [0.2, 0.25) is 5.91 Å². The third-order valence-corrected chi connectivity index (χ3v) is 5.36. The lowest BCUT2D eigenvalue weighted by atomic mass is 9.96. The lowest BCUT2D eigenvalue weighted by molar-refractivity contribution is -0.122. The van der Waals surface area contributed by atoms with Crippen LogP contribution in [0.15, 0.2) is 28.7 Å². The van der Waals surface area contributed by atoms with Crippen molar-refractivity contribution in [1.82, 2.24) is 10.6 Å². The van der Waals surface area contributed by atoms with Gasteiger partial charge in [0.25, 0.3) is 0 Å². The molecular formula is C14H17BrN2OS. The van der Waals surface area contributed by atoms with Crippen LogP contribution in [0.2, 0.25) is 0 Å². The SMILES string of the molecule is O=C(NCC1(c2cccc(Br)c2)CC1)[C@H]1CSCN1. The summed E-state index contributed by atoms with van der Waals surface area (Å²) in [5, 5.41) is 6.32. The molecule has 1 aromatic rings. The zero-order valence-corrected chi connectivity index (χ0v) is 13.0. The van der Waals surface area contributed by atoms with Crippen molar-refractivity contribution in [2.75, 3.05) is 18.2 Å². The van der Waals surface area contributed by atoms with Gasteiger partial charge < -0.3 is 5.32 Å². The van der Waals surface area contributed by atoms with Crippen molar-refractivity contribution in [2.24, 2.45) is 0 Å². The highest BCUT2D eigenvalue weighted by atomic mass is 79.9. The Kier molecular flexibility index (Phi) is 3.87. The van der Waals surface area contributed by atoms with E-state index < -0.39 is 0 Å². The average molecular weight is 341 g/mol. The molecule has 1 aliphatic heterocycles. The van der Waals surface area contributed by atoms with Crippen LogP contribution in [0, 0.1) is 0 Å². The molecule has 1 saturated heterocycles. The fourth-order valence-electron chi connectivity index (χ4n) is 2.48. The predicted molar refractivity (Wildman–Crippen MR) is 82.3 cm³/mol. The summed E-state index contributed by atoms with van der Waals surface area (Å²) in [6.07, 6.45) is 2.33. The van der Waals surface area contributed by atoms with E-state index in [2.05, 4.69) is 44.8 Å². The number of carbonyl (C=O) groups excluding carboxylic acids is 1. The van der Waals surface area contributed by atoms with Crippen LogP contribution in [0.25, 0.3) is 0 Å². The van der Waals surface area contributed by atoms with Crippen molar-refractivity contribution in [2.45, 2.75) is 24.3 Å². The summed E-state index contributed by atoms with van der Waals surface area (Å²) in [5.74, 6) is 1.91. The van der Waals surface area contributed by atoms with Crippen molar-refractivity contribution in [3.05, 3.63) is 34.3 Å². The molecule has 0 unspecified atom stereocenters. The molecule has 19 heavy (non-hydrogen) atoms. The number of thioether (sulfide) groups is 1. The maximum Gasteiger partial charge on any atom is 0.238 e. The maximum atomic E-state index is 12.0. The van der Waals surface area contributed by atoms with Gasteiger partial charge in [0.05, 0.1) is 6.04 Å². The van der Waals surface area contributed by atoms with E-state index in [1.807, 2.05) is 6.07 Å². The van der Waals surface area contributed by atoms with Crippen molar-refractivity contribution in [1.29, 1.82) is 0 Å². The normalized spacial score (nSPS) is 24.2. The van der Waals surface area contributed by atoms with E-state index >= 15 is 0 Å². The molecule has 102 valence electrons. The second-order valence-corrected chi connectivity index (χ2v) is 7.23. The van der Waals surface area contributed by atoms with Gasteiger partial charge in [0.1, 0.15) is 0 Å². The Morgan fingerprint density at radius 3 is 3.00 bits per heavy atom. The summed E-state index contributed by atoms with van der Waals surface area (Å²) in [4.78, 5) is 12.0. The highest BCUT2D eigenvalue weighted by molar-refractivity contribution is 9.10. The quantitative estimate of drug-likeness (QED) is 0.883. The van der Waals surface area contributed by atoms with Gasteiger partial charge in [-0.3, -0.25) is 10.1 Å². The molecule has 1 aliphatic carbocycles. The van der Waals surface area contributed by atoms with E-state index in [9.17, 15) is 4.79 Å². The van der Waals surface area contributed by atoms with Crippen molar-refractivity contribution in [3.8, 4) is 0 Å². The fraction of sp³-hybridized carbons (Fsp3) is 0.500. The molecule has 0 bridgehead atoms. The van der Waals surface area contributed by atoms with Crippen LogP contribution in [0.4, 0.5) is 0 Å². The number of nitrogens with one attached hydrogen (secondary N) is 2. The van der Waals surface area contributed by atoms with Crippen molar-refractivity contribution >= 4 is 33.6 Å². The van der Waals surface area contributed by atoms with Crippen molar-refractivity contribution < 1.29 is 4.79 Å². The smallest absolute Gasteiger partial charge is 0.238 e. The number of amides is 1. The zero-order chi connectivity index (χ0) is 13.3. The van der Waals surface area contributed by atoms with E-state index in [0.29, 0.717) is 0 Å². The van der Waals surface area contributed by atoms with Gasteiger partial charge in [-0.05, 0) is 30.5 Å². The lowest BCUT2D eigenvalue weighted by Crippen LogP contribution is -2.44. The van der Waals surface area contributed by atoms with Gasteiger partial charge in [-0.25, -0.2) is 0 Å². The van der Waals surface area contributed by atoms with E-state index in [-0.39, 0.29) is 17.4 Å². The van der Waals surface area contributed by atoms with Crippen molar-refractivity contribution in [3.63, 3.8) is 0 Å². The summed E-state index contributed by atoms with van der Waals surface area (Å²) < 4.78 is 1.11. The number of halogens is 1. The second-order valence-electron chi connectivity index (χ2n) is 5.28. The molecule has 1 saturated carbocycles. The first-order valence-electron chi connectivity index (χ1n) is 6.55. The van der Waals surface area contributed by atoms with Crippen LogP contribution < -0.4 is 10.6 Å². The largest absolute Gasteiger partial charge is 0.354 e. The molecule has 3 nitrogen and oxygen atoms in total. The predicted octanol–water partition coefficient (Wildman–Crippen LogP) is 2.26. The molecule has 1 heterocycles. The number of hydrogen-bond donors (Lipinski definition) is 2. The lowest BCUT2D eigenvalue weighted by Gasteiger charge is -2.18. The first kappa shape index (κ1) is 13.5. The molecule has 0 radical (unpaired) electrons. The van der Waals surface area contributed by atoms with Crippen LogP contribution in [-0.4, -0.2) is 30.1 Å². The van der Waals surface area contributed by atoms with Crippen LogP contribution in [0.5, 0.6) is 0 Å². The van der Waals surface area contributed by atoms with E-state index in [4.69, 9.17) is 0 Å². The Hall–Kier alpha value is -0.520. The van der Waals surface area contributed by atoms with E-state index in [1.165, 1.54) is 5.56 Å². The van der Waals surface area contributed by atoms with Gasteiger partial charge in [-0.1, -0.05) is 28.1 Å². The molecule has 3 rings (SSSR count). The van der Waals surface area contributed by atoms with Gasteiger partial charge in [0, 0.05) is 28.1 Å². The Bertz CT molecular complexity index is 484. The zero-order valence-electron chi connectivity index (χ0n) is 10.6. The Labute approximate surface area is 126 Å². The summed E-state index contributed by atoms with van der Waals surface area (Å²) in [5.41, 5.74) is 1.50. The summed E-state index contributed by atoms with van der Waals surface area (Å²) in [6.45, 7) is 0.755. The summed E-state index contributed by atoms with van der Waals surface area (Å²) in [6, 6.07) is 8.42. The Morgan fingerprint density at radius 2 is 2.37 bits per heavy atom. The second kappa shape index (κ2) is 5.46. The first-order valence-corrected chi connectivity index (χ1v) is 8.49. The van der Waals surface area contributed by atoms with Gasteiger partial charge in [-0.15, -0.1) is 11.8 Å². The minimum absolute atomic E-state index is 0.0108. The molecule has 0 spiro atoms. The molecule has 2 N–H and O–H groups in total. The molecule has 1 atom stereocenters. The monoisotopic (exact) mass is 340 g/mol. The van der Waals surface area contributed by atoms with Gasteiger partial charge in [0.15, 0.2) is 0 Å². The average Bonchev–Trinajstić information content (AvgIpc) is 3.00. The Balaban J connectivity index is 1.61. The standard InChI is InChI=1S/C14H17BrN2OS/c15-11-3-1-2-10(6-11)14(4-5-14)8-16-13(18)12-7-19-9-17-12/h1-3,6,12,17H,4-5,7-9H2,(H,16,18)/t12-/m1/s1. The van der Waals surface area contributed by atoms with E-state index in [0.717, 1.165) is 35.5 Å². The molecule has 2 aliphatic rings. The third-order valence-electron chi connectivity index (χ3n) is 3.92. The molecule has 1 amide bonds. The van der Waals surface area contributed by atoms with Crippen LogP contribution in [-0.2, 0) is 10.2 Å². The molecule has 0 aromatic heterocycles. The van der Waals surface area contributed by atoms with E-state index in [1.54, 1.807) is 11.8 Å². The molecule has 5 heteroatoms. The maximum absolute atomic E-state index is 12.0. The van der Waals surface area contributed by atoms with Gasteiger partial charge in [-0.2, -0.15) is 0 Å². The fourth-order valence-corrected chi connectivity index (χ4v) is 3.82. The topological polar surface area (TPSA) is 41.1 Å². The minimum atomic E-state index is -0.0108. The van der Waals surface area contributed by atoms with Crippen LogP contribution in [0.1, 0.15) is 18.4 Å². The number of rotatable bonds is 4. The number of carbonyl (C=O) groups is 1. The first-order chi connectivity index (χ1) is 9.20. The highest BCUT2D eigenvalue weighted by Gasteiger charge is 2.44. The molecule has 2 fully saturated rings. The van der Waals surface area contributed by atoms with Crippen LogP contribution in [0.3, 0.4) is 0 Å². The molecular weight excluding hydrogens is 324 g/mol. The minimum Gasteiger partial charge on any atom is -0.354 e. The molecule has 1 aromatic carbocycles. The highest BCUT2D eigenvalue weighted by Crippen LogP contribution is 2.48. The van der Waals surface area contributed by atoms with Gasteiger partial charge >= 0.3 is 0 Å². The number of benzene rings is 1. The summed E-state index contributed by atoms with van der Waals surface area (Å²) in [7, 11) is 0. The number of hydrogen-bond acceptors (Lipinski definition) is 3. The third kappa shape index (κ3) is 2.98. The summed E-state index contributed by atoms with van der Waals surface area (Å²) >= 11 is 5.30.